The lowest BCUT2D eigenvalue weighted by molar-refractivity contribution is 0.0687. The fourth-order valence-electron chi connectivity index (χ4n) is 1.54. The molecule has 2 aromatic heterocycles. The Bertz CT molecular complexity index is 488. The second kappa shape index (κ2) is 4.49. The maximum absolute atomic E-state index is 11.1. The van der Waals surface area contributed by atoms with Gasteiger partial charge in [-0.15, -0.1) is 0 Å². The normalized spacial score (nSPS) is 10.6. The van der Waals surface area contributed by atoms with Gasteiger partial charge in [-0.05, 0) is 23.9 Å². The van der Waals surface area contributed by atoms with Crippen molar-refractivity contribution in [2.24, 2.45) is 0 Å². The van der Waals surface area contributed by atoms with Crippen LogP contribution in [0.1, 0.15) is 29.5 Å². The molecule has 0 radical (unpaired) electrons. The highest BCUT2D eigenvalue weighted by Gasteiger charge is 2.15. The summed E-state index contributed by atoms with van der Waals surface area (Å²) in [5, 5.41) is 17.2. The SMILES string of the molecule is CCCc1cc(C(=O)O)n(-c2ccsc2)n1. The quantitative estimate of drug-likeness (QED) is 0.887. The third-order valence-electron chi connectivity index (χ3n) is 2.24. The summed E-state index contributed by atoms with van der Waals surface area (Å²) in [6.45, 7) is 2.05. The molecule has 0 saturated heterocycles. The van der Waals surface area contributed by atoms with Gasteiger partial charge in [0.15, 0.2) is 5.69 Å². The maximum atomic E-state index is 11.1. The molecule has 0 aromatic carbocycles. The standard InChI is InChI=1S/C11H12N2O2S/c1-2-3-8-6-10(11(14)15)13(12-8)9-4-5-16-7-9/h4-7H,2-3H2,1H3,(H,14,15). The molecule has 2 heterocycles. The zero-order valence-corrected chi connectivity index (χ0v) is 9.70. The van der Waals surface area contributed by atoms with Crippen molar-refractivity contribution in [3.63, 3.8) is 0 Å². The Hall–Kier alpha value is -1.62. The molecule has 0 aliphatic carbocycles. The summed E-state index contributed by atoms with van der Waals surface area (Å²) in [5.74, 6) is -0.943. The molecule has 0 bridgehead atoms. The average molecular weight is 236 g/mol. The highest BCUT2D eigenvalue weighted by atomic mass is 32.1. The largest absolute Gasteiger partial charge is 0.477 e. The predicted molar refractivity (Wildman–Crippen MR) is 62.4 cm³/mol. The second-order valence-corrected chi connectivity index (χ2v) is 4.25. The zero-order valence-electron chi connectivity index (χ0n) is 8.88. The van der Waals surface area contributed by atoms with Crippen LogP contribution in [-0.2, 0) is 6.42 Å². The van der Waals surface area contributed by atoms with E-state index in [0.29, 0.717) is 0 Å². The van der Waals surface area contributed by atoms with Gasteiger partial charge in [0.05, 0.1) is 11.4 Å². The first-order valence-corrected chi connectivity index (χ1v) is 6.01. The van der Waals surface area contributed by atoms with Gasteiger partial charge in [0.1, 0.15) is 0 Å². The van der Waals surface area contributed by atoms with Gasteiger partial charge in [0, 0.05) is 5.38 Å². The molecule has 2 rings (SSSR count). The number of rotatable bonds is 4. The van der Waals surface area contributed by atoms with Gasteiger partial charge in [-0.3, -0.25) is 0 Å². The van der Waals surface area contributed by atoms with Crippen molar-refractivity contribution < 1.29 is 9.90 Å². The fourth-order valence-corrected chi connectivity index (χ4v) is 2.15. The van der Waals surface area contributed by atoms with Crippen LogP contribution in [0.2, 0.25) is 0 Å². The van der Waals surface area contributed by atoms with Crippen molar-refractivity contribution >= 4 is 17.3 Å². The molecule has 16 heavy (non-hydrogen) atoms. The van der Waals surface area contributed by atoms with Crippen LogP contribution in [0.3, 0.4) is 0 Å². The lowest BCUT2D eigenvalue weighted by atomic mass is 10.2. The highest BCUT2D eigenvalue weighted by molar-refractivity contribution is 7.08. The monoisotopic (exact) mass is 236 g/mol. The van der Waals surface area contributed by atoms with Crippen molar-refractivity contribution in [3.8, 4) is 5.69 Å². The molecular formula is C11H12N2O2S. The molecule has 1 N–H and O–H groups in total. The van der Waals surface area contributed by atoms with Gasteiger partial charge >= 0.3 is 5.97 Å². The van der Waals surface area contributed by atoms with Crippen molar-refractivity contribution in [3.05, 3.63) is 34.3 Å². The van der Waals surface area contributed by atoms with Crippen LogP contribution in [0.5, 0.6) is 0 Å². The zero-order chi connectivity index (χ0) is 11.5. The number of carboxylic acid groups (broad SMARTS) is 1. The van der Waals surface area contributed by atoms with Gasteiger partial charge < -0.3 is 5.11 Å². The van der Waals surface area contributed by atoms with E-state index >= 15 is 0 Å². The minimum Gasteiger partial charge on any atom is -0.477 e. The molecule has 0 spiro atoms. The first kappa shape index (κ1) is 10.9. The van der Waals surface area contributed by atoms with E-state index in [9.17, 15) is 4.79 Å². The van der Waals surface area contributed by atoms with E-state index in [-0.39, 0.29) is 5.69 Å². The van der Waals surface area contributed by atoms with Crippen LogP contribution in [0, 0.1) is 0 Å². The summed E-state index contributed by atoms with van der Waals surface area (Å²) in [4.78, 5) is 11.1. The molecule has 84 valence electrons. The van der Waals surface area contributed by atoms with E-state index in [1.54, 1.807) is 6.07 Å². The van der Waals surface area contributed by atoms with Gasteiger partial charge in [-0.2, -0.15) is 16.4 Å². The summed E-state index contributed by atoms with van der Waals surface area (Å²) in [7, 11) is 0. The third kappa shape index (κ3) is 1.99. The lowest BCUT2D eigenvalue weighted by Gasteiger charge is -1.99. The summed E-state index contributed by atoms with van der Waals surface area (Å²) in [5.41, 5.74) is 1.86. The maximum Gasteiger partial charge on any atom is 0.354 e. The second-order valence-electron chi connectivity index (χ2n) is 3.47. The molecule has 0 amide bonds. The number of carbonyl (C=O) groups is 1. The number of nitrogens with zero attached hydrogens (tertiary/aromatic N) is 2. The number of thiophene rings is 1. The predicted octanol–water partition coefficient (Wildman–Crippen LogP) is 2.58. The molecule has 0 atom stereocenters. The Balaban J connectivity index is 2.46. The Kier molecular flexibility index (Phi) is 3.05. The van der Waals surface area contributed by atoms with E-state index in [2.05, 4.69) is 5.10 Å². The molecule has 2 aromatic rings. The fraction of sp³-hybridized carbons (Fsp3) is 0.273. The van der Waals surface area contributed by atoms with Crippen LogP contribution < -0.4 is 0 Å². The highest BCUT2D eigenvalue weighted by Crippen LogP contribution is 2.16. The minimum absolute atomic E-state index is 0.224. The molecule has 0 saturated carbocycles. The molecule has 0 fully saturated rings. The molecule has 0 unspecified atom stereocenters. The van der Waals surface area contributed by atoms with Gasteiger partial charge in [0.25, 0.3) is 0 Å². The summed E-state index contributed by atoms with van der Waals surface area (Å²) in [6, 6.07) is 3.50. The number of aryl methyl sites for hydroxylation is 1. The molecule has 5 heteroatoms. The Labute approximate surface area is 97.2 Å². The Morgan fingerprint density at radius 3 is 3.00 bits per heavy atom. The van der Waals surface area contributed by atoms with Crippen LogP contribution >= 0.6 is 11.3 Å². The van der Waals surface area contributed by atoms with E-state index in [1.807, 2.05) is 23.8 Å². The number of aromatic nitrogens is 2. The first-order valence-electron chi connectivity index (χ1n) is 5.07. The Morgan fingerprint density at radius 2 is 2.44 bits per heavy atom. The first-order chi connectivity index (χ1) is 7.72. The summed E-state index contributed by atoms with van der Waals surface area (Å²) >= 11 is 1.52. The molecule has 0 aliphatic heterocycles. The number of hydrogen-bond donors (Lipinski definition) is 1. The number of aromatic carboxylic acids is 1. The lowest BCUT2D eigenvalue weighted by Crippen LogP contribution is -2.06. The van der Waals surface area contributed by atoms with E-state index in [4.69, 9.17) is 5.11 Å². The van der Waals surface area contributed by atoms with Crippen molar-refractivity contribution in [2.75, 3.05) is 0 Å². The molecule has 4 nitrogen and oxygen atoms in total. The van der Waals surface area contributed by atoms with Crippen molar-refractivity contribution in [1.29, 1.82) is 0 Å². The van der Waals surface area contributed by atoms with Crippen molar-refractivity contribution in [1.82, 2.24) is 9.78 Å². The van der Waals surface area contributed by atoms with Crippen LogP contribution in [0.4, 0.5) is 0 Å². The number of carboxylic acids is 1. The topological polar surface area (TPSA) is 55.1 Å². The van der Waals surface area contributed by atoms with Crippen LogP contribution in [-0.4, -0.2) is 20.9 Å². The van der Waals surface area contributed by atoms with E-state index in [1.165, 1.54) is 16.0 Å². The van der Waals surface area contributed by atoms with Crippen LogP contribution in [0.15, 0.2) is 22.9 Å². The Morgan fingerprint density at radius 1 is 1.62 bits per heavy atom. The van der Waals surface area contributed by atoms with Crippen molar-refractivity contribution in [2.45, 2.75) is 19.8 Å². The summed E-state index contributed by atoms with van der Waals surface area (Å²) < 4.78 is 1.49. The minimum atomic E-state index is -0.943. The molecular weight excluding hydrogens is 224 g/mol. The smallest absolute Gasteiger partial charge is 0.354 e. The van der Waals surface area contributed by atoms with E-state index < -0.39 is 5.97 Å². The summed E-state index contributed by atoms with van der Waals surface area (Å²) in [6.07, 6.45) is 1.76. The van der Waals surface area contributed by atoms with Gasteiger partial charge in [-0.1, -0.05) is 13.3 Å². The van der Waals surface area contributed by atoms with E-state index in [0.717, 1.165) is 24.2 Å². The average Bonchev–Trinajstić information content (AvgIpc) is 2.83. The van der Waals surface area contributed by atoms with Gasteiger partial charge in [0.2, 0.25) is 0 Å². The number of hydrogen-bond acceptors (Lipinski definition) is 3. The molecule has 0 aliphatic rings. The third-order valence-corrected chi connectivity index (χ3v) is 2.91. The van der Waals surface area contributed by atoms with Gasteiger partial charge in [-0.25, -0.2) is 9.48 Å². The van der Waals surface area contributed by atoms with Crippen LogP contribution in [0.25, 0.3) is 5.69 Å².